The van der Waals surface area contributed by atoms with Crippen LogP contribution < -0.4 is 15.4 Å². The zero-order valence-corrected chi connectivity index (χ0v) is 18.7. The van der Waals surface area contributed by atoms with Gasteiger partial charge in [0.05, 0.1) is 10.6 Å². The maximum absolute atomic E-state index is 13.0. The summed E-state index contributed by atoms with van der Waals surface area (Å²) in [5.41, 5.74) is 1.39. The maximum Gasteiger partial charge on any atom is 0.289 e. The van der Waals surface area contributed by atoms with E-state index in [1.54, 1.807) is 38.1 Å². The van der Waals surface area contributed by atoms with Gasteiger partial charge in [-0.2, -0.15) is 9.82 Å². The van der Waals surface area contributed by atoms with Crippen LogP contribution in [0.1, 0.15) is 31.7 Å². The van der Waals surface area contributed by atoms with Crippen molar-refractivity contribution in [2.75, 3.05) is 6.54 Å². The molecule has 32 heavy (non-hydrogen) atoms. The van der Waals surface area contributed by atoms with Crippen LogP contribution in [0.15, 0.2) is 41.3 Å². The molecule has 2 amide bonds. The molecule has 0 aliphatic carbocycles. The molecule has 0 saturated carbocycles. The lowest BCUT2D eigenvalue weighted by molar-refractivity contribution is -0.140. The van der Waals surface area contributed by atoms with Crippen molar-refractivity contribution in [2.45, 2.75) is 50.1 Å². The lowest BCUT2D eigenvalue weighted by Gasteiger charge is -2.24. The van der Waals surface area contributed by atoms with Gasteiger partial charge in [0.15, 0.2) is 0 Å². The summed E-state index contributed by atoms with van der Waals surface area (Å²) in [6, 6.07) is 7.17. The normalized spacial score (nSPS) is 18.5. The lowest BCUT2D eigenvalue weighted by Crippen LogP contribution is -2.56. The molecule has 3 rings (SSSR count). The van der Waals surface area contributed by atoms with Crippen molar-refractivity contribution in [3.8, 4) is 0 Å². The second-order valence-electron chi connectivity index (χ2n) is 8.03. The highest BCUT2D eigenvalue weighted by Crippen LogP contribution is 2.13. The van der Waals surface area contributed by atoms with Crippen molar-refractivity contribution >= 4 is 27.6 Å². The number of amides is 2. The van der Waals surface area contributed by atoms with Gasteiger partial charge >= 0.3 is 0 Å². The van der Waals surface area contributed by atoms with Crippen LogP contribution in [0.4, 0.5) is 0 Å². The molecule has 2 aromatic rings. The molecular formula is C21H27N5O5S. The summed E-state index contributed by atoms with van der Waals surface area (Å²) in [4.78, 5) is 38.1. The molecule has 0 fully saturated rings. The van der Waals surface area contributed by atoms with E-state index < -0.39 is 45.6 Å². The topological polar surface area (TPSA) is 150 Å². The molecule has 2 unspecified atom stereocenters. The Morgan fingerprint density at radius 2 is 1.91 bits per heavy atom. The Bertz CT molecular complexity index is 1080. The van der Waals surface area contributed by atoms with E-state index in [1.165, 1.54) is 12.1 Å². The van der Waals surface area contributed by atoms with Gasteiger partial charge in [0, 0.05) is 18.7 Å². The molecule has 172 valence electrons. The Labute approximate surface area is 186 Å². The van der Waals surface area contributed by atoms with Crippen LogP contribution in [-0.4, -0.2) is 54.8 Å². The number of H-pyrrole nitrogens is 1. The second-order valence-corrected chi connectivity index (χ2v) is 9.74. The van der Waals surface area contributed by atoms with E-state index in [4.69, 9.17) is 0 Å². The minimum absolute atomic E-state index is 0.0221. The Morgan fingerprint density at radius 1 is 1.19 bits per heavy atom. The largest absolute Gasteiger partial charge is 0.349 e. The number of benzene rings is 1. The number of aryl methyl sites for hydroxylation is 1. The Balaban J connectivity index is 1.81. The van der Waals surface area contributed by atoms with Crippen molar-refractivity contribution in [1.82, 2.24) is 25.6 Å². The minimum atomic E-state index is -3.97. The average molecular weight is 462 g/mol. The van der Waals surface area contributed by atoms with Crippen LogP contribution in [0.3, 0.4) is 0 Å². The zero-order valence-electron chi connectivity index (χ0n) is 17.9. The quantitative estimate of drug-likeness (QED) is 0.447. The highest BCUT2D eigenvalue weighted by atomic mass is 32.2. The van der Waals surface area contributed by atoms with Crippen LogP contribution in [0.2, 0.25) is 0 Å². The molecule has 11 heteroatoms. The number of aromatic nitrogens is 2. The molecule has 0 saturated heterocycles. The van der Waals surface area contributed by atoms with Crippen LogP contribution in [-0.2, 0) is 37.2 Å². The van der Waals surface area contributed by atoms with E-state index in [2.05, 4.69) is 25.6 Å². The van der Waals surface area contributed by atoms with Gasteiger partial charge in [-0.1, -0.05) is 32.0 Å². The molecule has 2 heterocycles. The standard InChI is InChI=1S/C21H27N5O5S/c1-13(2)18(26-32(30,31)16-8-4-3-5-9-16)20(28)23-17-12-15-11-14(24-25-15)7-6-10-22-21(29)19(17)27/h3-5,8-9,11,13,17-18,26H,6-7,10,12H2,1-2H3,(H,22,29)(H,23,28)(H,24,25). The average Bonchev–Trinajstić information content (AvgIpc) is 3.20. The maximum atomic E-state index is 13.0. The predicted octanol–water partition coefficient (Wildman–Crippen LogP) is 0.0716. The number of carbonyl (C=O) groups excluding carboxylic acids is 3. The monoisotopic (exact) mass is 461 g/mol. The molecule has 4 N–H and O–H groups in total. The number of carbonyl (C=O) groups is 3. The van der Waals surface area contributed by atoms with Gasteiger partial charge in [-0.15, -0.1) is 0 Å². The molecule has 1 aliphatic rings. The third kappa shape index (κ3) is 5.80. The van der Waals surface area contributed by atoms with E-state index in [9.17, 15) is 22.8 Å². The highest BCUT2D eigenvalue weighted by molar-refractivity contribution is 7.89. The van der Waals surface area contributed by atoms with Crippen molar-refractivity contribution < 1.29 is 22.8 Å². The summed E-state index contributed by atoms with van der Waals surface area (Å²) >= 11 is 0. The first-order chi connectivity index (χ1) is 15.2. The number of nitrogens with one attached hydrogen (secondary N) is 4. The van der Waals surface area contributed by atoms with E-state index in [0.717, 1.165) is 5.69 Å². The fourth-order valence-corrected chi connectivity index (χ4v) is 4.74. The summed E-state index contributed by atoms with van der Waals surface area (Å²) in [6.45, 7) is 3.68. The molecule has 0 radical (unpaired) electrons. The van der Waals surface area contributed by atoms with Crippen molar-refractivity contribution in [3.63, 3.8) is 0 Å². The third-order valence-corrected chi connectivity index (χ3v) is 6.60. The van der Waals surface area contributed by atoms with Gasteiger partial charge in [-0.3, -0.25) is 19.5 Å². The summed E-state index contributed by atoms with van der Waals surface area (Å²) in [5, 5.41) is 12.1. The van der Waals surface area contributed by atoms with Crippen LogP contribution in [0.5, 0.6) is 0 Å². The smallest absolute Gasteiger partial charge is 0.289 e. The fourth-order valence-electron chi connectivity index (χ4n) is 3.38. The SMILES string of the molecule is CC(C)C(NS(=O)(=O)c1ccccc1)C(=O)NC1Cc2cc(n[nH]2)CCCNC(=O)C1=O. The number of hydrogen-bond acceptors (Lipinski definition) is 6. The van der Waals surface area contributed by atoms with Gasteiger partial charge in [-0.25, -0.2) is 8.42 Å². The molecule has 0 spiro atoms. The van der Waals surface area contributed by atoms with Crippen LogP contribution >= 0.6 is 0 Å². The fraction of sp³-hybridized carbons (Fsp3) is 0.429. The van der Waals surface area contributed by atoms with Gasteiger partial charge in [-0.05, 0) is 37.0 Å². The minimum Gasteiger partial charge on any atom is -0.349 e. The van der Waals surface area contributed by atoms with Gasteiger partial charge < -0.3 is 10.6 Å². The molecule has 2 atom stereocenters. The summed E-state index contributed by atoms with van der Waals surface area (Å²) in [7, 11) is -3.97. The molecule has 10 nitrogen and oxygen atoms in total. The van der Waals surface area contributed by atoms with Crippen LogP contribution in [0.25, 0.3) is 0 Å². The lowest BCUT2D eigenvalue weighted by atomic mass is 10.0. The molecular weight excluding hydrogens is 434 g/mol. The van der Waals surface area contributed by atoms with Crippen LogP contribution in [0, 0.1) is 5.92 Å². The number of nitrogens with zero attached hydrogens (tertiary/aromatic N) is 1. The van der Waals surface area contributed by atoms with Crippen molar-refractivity contribution in [1.29, 1.82) is 0 Å². The van der Waals surface area contributed by atoms with E-state index >= 15 is 0 Å². The number of fused-ring (bicyclic) bond motifs is 2. The highest BCUT2D eigenvalue weighted by Gasteiger charge is 2.33. The number of sulfonamides is 1. The predicted molar refractivity (Wildman–Crippen MR) is 116 cm³/mol. The van der Waals surface area contributed by atoms with Crippen molar-refractivity contribution in [3.05, 3.63) is 47.8 Å². The molecule has 1 aliphatic heterocycles. The Morgan fingerprint density at radius 3 is 2.59 bits per heavy atom. The number of Topliss-reactive ketones (excluding diaryl/α,β-unsaturated/α-hetero) is 1. The van der Waals surface area contributed by atoms with Gasteiger partial charge in [0.2, 0.25) is 21.7 Å². The zero-order chi connectivity index (χ0) is 23.3. The van der Waals surface area contributed by atoms with Gasteiger partial charge in [0.1, 0.15) is 12.1 Å². The molecule has 1 aromatic heterocycles. The molecule has 1 aromatic carbocycles. The summed E-state index contributed by atoms with van der Waals surface area (Å²) in [5.74, 6) is -2.70. The third-order valence-electron chi connectivity index (χ3n) is 5.14. The first-order valence-corrected chi connectivity index (χ1v) is 11.9. The van der Waals surface area contributed by atoms with Crippen molar-refractivity contribution in [2.24, 2.45) is 5.92 Å². The summed E-state index contributed by atoms with van der Waals surface area (Å²) in [6.07, 6.45) is 1.29. The van der Waals surface area contributed by atoms with E-state index in [-0.39, 0.29) is 11.3 Å². The Hall–Kier alpha value is -3.05. The van der Waals surface area contributed by atoms with Gasteiger partial charge in [0.25, 0.3) is 5.91 Å². The second kappa shape index (κ2) is 10.0. The number of aromatic amines is 1. The number of ketones is 1. The first kappa shape index (κ1) is 23.6. The van der Waals surface area contributed by atoms with E-state index in [1.807, 2.05) is 0 Å². The number of rotatable bonds is 6. The Kier molecular flexibility index (Phi) is 7.41. The number of hydrogen-bond donors (Lipinski definition) is 4. The first-order valence-electron chi connectivity index (χ1n) is 10.4. The summed E-state index contributed by atoms with van der Waals surface area (Å²) < 4.78 is 27.9. The van der Waals surface area contributed by atoms with E-state index in [0.29, 0.717) is 25.1 Å². The molecule has 2 bridgehead atoms.